The molecular formula is C9H21N3OS. The van der Waals surface area contributed by atoms with Crippen molar-refractivity contribution in [2.24, 2.45) is 11.5 Å². The van der Waals surface area contributed by atoms with Gasteiger partial charge in [0.1, 0.15) is 0 Å². The summed E-state index contributed by atoms with van der Waals surface area (Å²) < 4.78 is 0. The van der Waals surface area contributed by atoms with E-state index in [1.54, 1.807) is 0 Å². The van der Waals surface area contributed by atoms with Gasteiger partial charge < -0.3 is 16.8 Å². The highest BCUT2D eigenvalue weighted by molar-refractivity contribution is 7.80. The minimum Gasteiger partial charge on any atom is -0.355 e. The van der Waals surface area contributed by atoms with Gasteiger partial charge in [0.15, 0.2) is 0 Å². The number of nitrogens with two attached hydrogens (primary N) is 2. The summed E-state index contributed by atoms with van der Waals surface area (Å²) in [7, 11) is 0. The smallest absolute Gasteiger partial charge is 0.237 e. The van der Waals surface area contributed by atoms with Crippen LogP contribution >= 0.6 is 12.6 Å². The Bertz CT molecular complexity index is 155. The van der Waals surface area contributed by atoms with Gasteiger partial charge in [-0.25, -0.2) is 0 Å². The van der Waals surface area contributed by atoms with Crippen LogP contribution in [0.1, 0.15) is 25.7 Å². The van der Waals surface area contributed by atoms with Crippen molar-refractivity contribution in [3.05, 3.63) is 0 Å². The summed E-state index contributed by atoms with van der Waals surface area (Å²) in [6.07, 6.45) is 4.29. The Labute approximate surface area is 91.2 Å². The number of thiol groups is 1. The summed E-state index contributed by atoms with van der Waals surface area (Å²) >= 11 is 3.95. The van der Waals surface area contributed by atoms with Crippen molar-refractivity contribution in [2.45, 2.75) is 31.7 Å². The molecule has 0 unspecified atom stereocenters. The van der Waals surface area contributed by atoms with Crippen molar-refractivity contribution < 1.29 is 4.79 Å². The molecule has 0 bridgehead atoms. The van der Waals surface area contributed by atoms with Crippen LogP contribution in [0.25, 0.3) is 0 Å². The van der Waals surface area contributed by atoms with Crippen LogP contribution in [0.4, 0.5) is 0 Å². The molecule has 0 aromatic carbocycles. The highest BCUT2D eigenvalue weighted by Crippen LogP contribution is 1.97. The number of rotatable bonds is 8. The first-order valence-corrected chi connectivity index (χ1v) is 5.69. The van der Waals surface area contributed by atoms with Crippen molar-refractivity contribution in [2.75, 3.05) is 18.8 Å². The summed E-state index contributed by atoms with van der Waals surface area (Å²) in [6, 6.07) is -0.484. The second-order valence-corrected chi connectivity index (χ2v) is 3.65. The highest BCUT2D eigenvalue weighted by Gasteiger charge is 2.09. The first-order chi connectivity index (χ1) is 6.72. The van der Waals surface area contributed by atoms with E-state index in [-0.39, 0.29) is 5.91 Å². The molecule has 0 radical (unpaired) electrons. The molecule has 0 saturated heterocycles. The second-order valence-electron chi connectivity index (χ2n) is 3.28. The molecule has 0 aliphatic rings. The van der Waals surface area contributed by atoms with Crippen LogP contribution in [-0.2, 0) is 4.79 Å². The molecule has 0 heterocycles. The van der Waals surface area contributed by atoms with Crippen molar-refractivity contribution in [3.8, 4) is 0 Å². The molecule has 4 nitrogen and oxygen atoms in total. The van der Waals surface area contributed by atoms with Gasteiger partial charge in [0.05, 0.1) is 6.04 Å². The van der Waals surface area contributed by atoms with E-state index in [0.717, 1.165) is 32.2 Å². The molecule has 0 aliphatic carbocycles. The van der Waals surface area contributed by atoms with E-state index in [1.165, 1.54) is 0 Å². The van der Waals surface area contributed by atoms with E-state index in [2.05, 4.69) is 17.9 Å². The third kappa shape index (κ3) is 7.17. The Morgan fingerprint density at radius 2 is 1.93 bits per heavy atom. The fraction of sp³-hybridized carbons (Fsp3) is 0.889. The quantitative estimate of drug-likeness (QED) is 0.339. The van der Waals surface area contributed by atoms with Gasteiger partial charge in [0.2, 0.25) is 5.91 Å². The lowest BCUT2D eigenvalue weighted by Gasteiger charge is -2.09. The molecule has 0 aromatic heterocycles. The standard InChI is InChI=1S/C9H21N3OS/c10-5-3-1-2-4-6-12-9(13)8(11)7-14/h8,14H,1-7,10-11H2,(H,12,13)/t8-/m0/s1. The lowest BCUT2D eigenvalue weighted by atomic mass is 10.2. The topological polar surface area (TPSA) is 81.1 Å². The fourth-order valence-corrected chi connectivity index (χ4v) is 1.21. The highest BCUT2D eigenvalue weighted by atomic mass is 32.1. The van der Waals surface area contributed by atoms with Gasteiger partial charge in [0.25, 0.3) is 0 Å². The van der Waals surface area contributed by atoms with E-state index in [0.29, 0.717) is 12.3 Å². The van der Waals surface area contributed by atoms with Crippen LogP contribution in [-0.4, -0.2) is 30.8 Å². The van der Waals surface area contributed by atoms with Crippen molar-refractivity contribution >= 4 is 18.5 Å². The van der Waals surface area contributed by atoms with Crippen molar-refractivity contribution in [1.82, 2.24) is 5.32 Å². The Morgan fingerprint density at radius 3 is 2.50 bits per heavy atom. The molecule has 5 heteroatoms. The zero-order valence-electron chi connectivity index (χ0n) is 8.54. The molecule has 0 aromatic rings. The third-order valence-electron chi connectivity index (χ3n) is 1.96. The van der Waals surface area contributed by atoms with Crippen LogP contribution in [0.15, 0.2) is 0 Å². The Balaban J connectivity index is 3.23. The van der Waals surface area contributed by atoms with Crippen LogP contribution in [0.2, 0.25) is 0 Å². The number of nitrogens with one attached hydrogen (secondary N) is 1. The summed E-state index contributed by atoms with van der Waals surface area (Å²) in [5, 5.41) is 2.77. The molecule has 0 aliphatic heterocycles. The maximum Gasteiger partial charge on any atom is 0.237 e. The summed E-state index contributed by atoms with van der Waals surface area (Å²) in [4.78, 5) is 11.2. The number of hydrogen-bond donors (Lipinski definition) is 4. The zero-order valence-corrected chi connectivity index (χ0v) is 9.43. The Kier molecular flexibility index (Phi) is 9.13. The van der Waals surface area contributed by atoms with Gasteiger partial charge >= 0.3 is 0 Å². The molecule has 84 valence electrons. The minimum absolute atomic E-state index is 0.112. The molecule has 5 N–H and O–H groups in total. The molecule has 1 atom stereocenters. The van der Waals surface area contributed by atoms with Crippen molar-refractivity contribution in [1.29, 1.82) is 0 Å². The largest absolute Gasteiger partial charge is 0.355 e. The van der Waals surface area contributed by atoms with Gasteiger partial charge in [-0.05, 0) is 19.4 Å². The normalized spacial score (nSPS) is 12.5. The summed E-state index contributed by atoms with van der Waals surface area (Å²) in [6.45, 7) is 1.45. The van der Waals surface area contributed by atoms with Crippen molar-refractivity contribution in [3.63, 3.8) is 0 Å². The average Bonchev–Trinajstić information content (AvgIpc) is 2.21. The monoisotopic (exact) mass is 219 g/mol. The lowest BCUT2D eigenvalue weighted by Crippen LogP contribution is -2.42. The SMILES string of the molecule is NCCCCCCNC(=O)[C@@H](N)CS. The van der Waals surface area contributed by atoms with Crippen LogP contribution in [0.3, 0.4) is 0 Å². The van der Waals surface area contributed by atoms with Gasteiger partial charge in [-0.2, -0.15) is 12.6 Å². The zero-order chi connectivity index (χ0) is 10.8. The predicted octanol–water partition coefficient (Wildman–Crippen LogP) is -0.121. The van der Waals surface area contributed by atoms with E-state index in [1.807, 2.05) is 0 Å². The summed E-state index contributed by atoms with van der Waals surface area (Å²) in [5.74, 6) is 0.276. The minimum atomic E-state index is -0.484. The first-order valence-electron chi connectivity index (χ1n) is 5.06. The fourth-order valence-electron chi connectivity index (χ4n) is 1.05. The molecule has 0 saturated carbocycles. The molecule has 0 rings (SSSR count). The number of unbranched alkanes of at least 4 members (excludes halogenated alkanes) is 3. The van der Waals surface area contributed by atoms with Gasteiger partial charge in [0, 0.05) is 12.3 Å². The van der Waals surface area contributed by atoms with Crippen LogP contribution in [0.5, 0.6) is 0 Å². The Morgan fingerprint density at radius 1 is 1.29 bits per heavy atom. The van der Waals surface area contributed by atoms with E-state index in [4.69, 9.17) is 11.5 Å². The number of carbonyl (C=O) groups is 1. The maximum atomic E-state index is 11.2. The molecule has 0 fully saturated rings. The lowest BCUT2D eigenvalue weighted by molar-refractivity contribution is -0.121. The third-order valence-corrected chi connectivity index (χ3v) is 2.36. The number of carbonyl (C=O) groups excluding carboxylic acids is 1. The first kappa shape index (κ1) is 13.7. The molecule has 0 spiro atoms. The summed E-state index contributed by atoms with van der Waals surface area (Å²) in [5.41, 5.74) is 10.8. The van der Waals surface area contributed by atoms with Gasteiger partial charge in [-0.3, -0.25) is 4.79 Å². The average molecular weight is 219 g/mol. The second kappa shape index (κ2) is 9.30. The number of amides is 1. The predicted molar refractivity (Wildman–Crippen MR) is 62.4 cm³/mol. The van der Waals surface area contributed by atoms with Crippen LogP contribution < -0.4 is 16.8 Å². The van der Waals surface area contributed by atoms with Gasteiger partial charge in [-0.15, -0.1) is 0 Å². The number of hydrogen-bond acceptors (Lipinski definition) is 4. The van der Waals surface area contributed by atoms with E-state index in [9.17, 15) is 4.79 Å². The maximum absolute atomic E-state index is 11.2. The van der Waals surface area contributed by atoms with Gasteiger partial charge in [-0.1, -0.05) is 12.8 Å². The van der Waals surface area contributed by atoms with Crippen LogP contribution in [0, 0.1) is 0 Å². The molecule has 1 amide bonds. The van der Waals surface area contributed by atoms with E-state index < -0.39 is 6.04 Å². The molecular weight excluding hydrogens is 198 g/mol. The Hall–Kier alpha value is -0.260. The molecule has 14 heavy (non-hydrogen) atoms. The van der Waals surface area contributed by atoms with E-state index >= 15 is 0 Å².